The topological polar surface area (TPSA) is 72.8 Å². The Morgan fingerprint density at radius 1 is 0.964 bits per heavy atom. The minimum absolute atomic E-state index is 0.147. The predicted octanol–water partition coefficient (Wildman–Crippen LogP) is 5.62. The Balaban J connectivity index is 0.000000209. The van der Waals surface area contributed by atoms with Crippen molar-refractivity contribution in [2.45, 2.75) is 83.7 Å². The summed E-state index contributed by atoms with van der Waals surface area (Å²) in [6.07, 6.45) is 13.7. The quantitative estimate of drug-likeness (QED) is 0.639. The third-order valence-corrected chi connectivity index (χ3v) is 5.52. The molecule has 28 heavy (non-hydrogen) atoms. The Morgan fingerprint density at radius 2 is 1.57 bits per heavy atom. The molecule has 0 aliphatic heterocycles. The van der Waals surface area contributed by atoms with E-state index in [4.69, 9.17) is 14.6 Å². The molecule has 2 saturated carbocycles. The number of hydrogen-bond donors (Lipinski definition) is 1. The molecule has 0 aromatic heterocycles. The molecule has 1 aromatic carbocycles. The fourth-order valence-electron chi connectivity index (χ4n) is 3.95. The SMILES string of the molecule is CC(=O)OCCC1CCCCC1.O=C(O)c1ccccc1OC1CCCCC1. The molecule has 0 amide bonds. The second kappa shape index (κ2) is 12.4. The molecule has 1 N–H and O–H groups in total. The van der Waals surface area contributed by atoms with Crippen LogP contribution in [0, 0.1) is 5.92 Å². The van der Waals surface area contributed by atoms with E-state index in [0.29, 0.717) is 12.4 Å². The summed E-state index contributed by atoms with van der Waals surface area (Å²) in [5, 5.41) is 9.02. The molecule has 0 bridgehead atoms. The molecule has 156 valence electrons. The summed E-state index contributed by atoms with van der Waals surface area (Å²) < 4.78 is 10.7. The van der Waals surface area contributed by atoms with Crippen LogP contribution >= 0.6 is 0 Å². The molecule has 5 heteroatoms. The molecule has 0 saturated heterocycles. The Bertz CT molecular complexity index is 601. The number of carbonyl (C=O) groups excluding carboxylic acids is 1. The summed E-state index contributed by atoms with van der Waals surface area (Å²) in [7, 11) is 0. The zero-order valence-electron chi connectivity index (χ0n) is 17.0. The number of ether oxygens (including phenoxy) is 2. The Labute approximate surface area is 168 Å². The monoisotopic (exact) mass is 390 g/mol. The van der Waals surface area contributed by atoms with Gasteiger partial charge in [0.05, 0.1) is 12.7 Å². The van der Waals surface area contributed by atoms with E-state index in [2.05, 4.69) is 0 Å². The third-order valence-electron chi connectivity index (χ3n) is 5.52. The van der Waals surface area contributed by atoms with Gasteiger partial charge in [-0.25, -0.2) is 4.79 Å². The molecule has 2 aliphatic rings. The number of benzene rings is 1. The first-order chi connectivity index (χ1) is 13.6. The highest BCUT2D eigenvalue weighted by atomic mass is 16.5. The van der Waals surface area contributed by atoms with Crippen molar-refractivity contribution >= 4 is 11.9 Å². The van der Waals surface area contributed by atoms with Crippen LogP contribution in [0.1, 0.15) is 87.9 Å². The zero-order valence-corrected chi connectivity index (χ0v) is 17.0. The van der Waals surface area contributed by atoms with E-state index < -0.39 is 5.97 Å². The minimum atomic E-state index is -0.925. The number of hydrogen-bond acceptors (Lipinski definition) is 4. The average molecular weight is 391 g/mol. The maximum atomic E-state index is 11.0. The van der Waals surface area contributed by atoms with Crippen LogP contribution in [0.2, 0.25) is 0 Å². The summed E-state index contributed by atoms with van der Waals surface area (Å²) in [6, 6.07) is 6.85. The molecule has 0 atom stereocenters. The van der Waals surface area contributed by atoms with Crippen LogP contribution in [-0.2, 0) is 9.53 Å². The maximum absolute atomic E-state index is 11.0. The van der Waals surface area contributed by atoms with Crippen molar-refractivity contribution in [3.8, 4) is 5.75 Å². The van der Waals surface area contributed by atoms with Crippen LogP contribution in [0.5, 0.6) is 5.75 Å². The van der Waals surface area contributed by atoms with Crippen LogP contribution in [0.15, 0.2) is 24.3 Å². The number of rotatable bonds is 6. The van der Waals surface area contributed by atoms with Crippen molar-refractivity contribution in [3.63, 3.8) is 0 Å². The number of carboxylic acids is 1. The number of aromatic carboxylic acids is 1. The molecule has 1 aromatic rings. The highest BCUT2D eigenvalue weighted by molar-refractivity contribution is 5.90. The van der Waals surface area contributed by atoms with Gasteiger partial charge in [0, 0.05) is 6.92 Å². The van der Waals surface area contributed by atoms with Crippen LogP contribution in [-0.4, -0.2) is 29.8 Å². The number of esters is 1. The summed E-state index contributed by atoms with van der Waals surface area (Å²) in [5.41, 5.74) is 0.257. The van der Waals surface area contributed by atoms with E-state index in [-0.39, 0.29) is 17.6 Å². The third kappa shape index (κ3) is 8.32. The average Bonchev–Trinajstić information content (AvgIpc) is 2.70. The van der Waals surface area contributed by atoms with Gasteiger partial charge in [-0.05, 0) is 50.2 Å². The van der Waals surface area contributed by atoms with E-state index >= 15 is 0 Å². The van der Waals surface area contributed by atoms with Gasteiger partial charge in [-0.1, -0.05) is 50.7 Å². The largest absolute Gasteiger partial charge is 0.490 e. The van der Waals surface area contributed by atoms with Gasteiger partial charge in [0.2, 0.25) is 0 Å². The first-order valence-electron chi connectivity index (χ1n) is 10.7. The summed E-state index contributed by atoms with van der Waals surface area (Å²) in [4.78, 5) is 21.4. The molecule has 0 unspecified atom stereocenters. The molecular formula is C23H34O5. The molecular weight excluding hydrogens is 356 g/mol. The van der Waals surface area contributed by atoms with E-state index in [1.54, 1.807) is 18.2 Å². The smallest absolute Gasteiger partial charge is 0.339 e. The molecule has 2 fully saturated rings. The van der Waals surface area contributed by atoms with Gasteiger partial charge < -0.3 is 14.6 Å². The van der Waals surface area contributed by atoms with Crippen molar-refractivity contribution in [2.75, 3.05) is 6.61 Å². The summed E-state index contributed by atoms with van der Waals surface area (Å²) >= 11 is 0. The van der Waals surface area contributed by atoms with Crippen molar-refractivity contribution < 1.29 is 24.2 Å². The molecule has 0 spiro atoms. The normalized spacial score (nSPS) is 17.9. The van der Waals surface area contributed by atoms with Crippen LogP contribution in [0.3, 0.4) is 0 Å². The highest BCUT2D eigenvalue weighted by Crippen LogP contribution is 2.26. The molecule has 2 aliphatic carbocycles. The van der Waals surface area contributed by atoms with E-state index in [1.165, 1.54) is 58.3 Å². The number of carboxylic acid groups (broad SMARTS) is 1. The standard InChI is InChI=1S/C13H16O3.C10H18O2/c14-13(15)11-8-4-5-9-12(11)16-10-6-2-1-3-7-10;1-9(11)12-8-7-10-5-3-2-4-6-10/h4-5,8-10H,1-3,6-7H2,(H,14,15);10H,2-8H2,1H3. The fourth-order valence-corrected chi connectivity index (χ4v) is 3.95. The lowest BCUT2D eigenvalue weighted by Gasteiger charge is -2.23. The lowest BCUT2D eigenvalue weighted by molar-refractivity contribution is -0.141. The molecule has 0 radical (unpaired) electrons. The van der Waals surface area contributed by atoms with E-state index in [9.17, 15) is 9.59 Å². The minimum Gasteiger partial charge on any atom is -0.490 e. The highest BCUT2D eigenvalue weighted by Gasteiger charge is 2.18. The lowest BCUT2D eigenvalue weighted by atomic mass is 9.87. The van der Waals surface area contributed by atoms with Gasteiger partial charge >= 0.3 is 11.9 Å². The Kier molecular flexibility index (Phi) is 9.87. The van der Waals surface area contributed by atoms with Crippen molar-refractivity contribution in [1.82, 2.24) is 0 Å². The lowest BCUT2D eigenvalue weighted by Crippen LogP contribution is -2.20. The van der Waals surface area contributed by atoms with Gasteiger partial charge in [0.15, 0.2) is 0 Å². The molecule has 0 heterocycles. The maximum Gasteiger partial charge on any atom is 0.339 e. The first-order valence-corrected chi connectivity index (χ1v) is 10.7. The molecule has 3 rings (SSSR count). The number of para-hydroxylation sites is 1. The second-order valence-electron chi connectivity index (χ2n) is 7.81. The van der Waals surface area contributed by atoms with Gasteiger partial charge in [0.1, 0.15) is 11.3 Å². The first kappa shape index (κ1) is 22.3. The summed E-state index contributed by atoms with van der Waals surface area (Å²) in [5.74, 6) is 0.247. The Morgan fingerprint density at radius 3 is 2.18 bits per heavy atom. The van der Waals surface area contributed by atoms with Crippen molar-refractivity contribution in [2.24, 2.45) is 5.92 Å². The summed E-state index contributed by atoms with van der Waals surface area (Å²) in [6.45, 7) is 2.10. The zero-order chi connectivity index (χ0) is 20.2. The molecule has 5 nitrogen and oxygen atoms in total. The van der Waals surface area contributed by atoms with Gasteiger partial charge in [-0.3, -0.25) is 4.79 Å². The van der Waals surface area contributed by atoms with Gasteiger partial charge in [-0.2, -0.15) is 0 Å². The van der Waals surface area contributed by atoms with Crippen molar-refractivity contribution in [1.29, 1.82) is 0 Å². The van der Waals surface area contributed by atoms with Crippen LogP contribution in [0.25, 0.3) is 0 Å². The van der Waals surface area contributed by atoms with E-state index in [0.717, 1.165) is 25.2 Å². The van der Waals surface area contributed by atoms with Gasteiger partial charge in [0.25, 0.3) is 0 Å². The van der Waals surface area contributed by atoms with Gasteiger partial charge in [-0.15, -0.1) is 0 Å². The fraction of sp³-hybridized carbons (Fsp3) is 0.652. The predicted molar refractivity (Wildman–Crippen MR) is 109 cm³/mol. The number of carbonyl (C=O) groups is 2. The van der Waals surface area contributed by atoms with E-state index in [1.807, 2.05) is 6.07 Å². The second-order valence-corrected chi connectivity index (χ2v) is 7.81. The Hall–Kier alpha value is -2.04. The van der Waals surface area contributed by atoms with Crippen LogP contribution in [0.4, 0.5) is 0 Å². The van der Waals surface area contributed by atoms with Crippen molar-refractivity contribution in [3.05, 3.63) is 29.8 Å². The van der Waals surface area contributed by atoms with Crippen LogP contribution < -0.4 is 4.74 Å².